The predicted molar refractivity (Wildman–Crippen MR) is 77.9 cm³/mol. The van der Waals surface area contributed by atoms with Crippen molar-refractivity contribution in [3.8, 4) is 0 Å². The summed E-state index contributed by atoms with van der Waals surface area (Å²) in [5.41, 5.74) is 8.18. The minimum Gasteiger partial charge on any atom is -0.374 e. The van der Waals surface area contributed by atoms with Crippen LogP contribution in [0.3, 0.4) is 0 Å². The van der Waals surface area contributed by atoms with Gasteiger partial charge in [0.1, 0.15) is 0 Å². The minimum absolute atomic E-state index is 0.321. The Morgan fingerprint density at radius 2 is 2.21 bits per heavy atom. The van der Waals surface area contributed by atoms with E-state index in [0.717, 1.165) is 32.8 Å². The first kappa shape index (κ1) is 14.5. The second kappa shape index (κ2) is 7.01. The fraction of sp³-hybridized carbons (Fsp3) is 0.600. The average Bonchev–Trinajstić information content (AvgIpc) is 2.38. The number of likely N-dealkylation sites (N-methyl/N-ethyl adjacent to an activating group) is 2. The highest BCUT2D eigenvalue weighted by atomic mass is 16.5. The zero-order chi connectivity index (χ0) is 13.7. The molecular formula is C15H25N3O. The number of benzene rings is 1. The van der Waals surface area contributed by atoms with Gasteiger partial charge in [-0.05, 0) is 25.2 Å². The second-order valence-electron chi connectivity index (χ2n) is 5.48. The van der Waals surface area contributed by atoms with E-state index in [2.05, 4.69) is 48.2 Å². The summed E-state index contributed by atoms with van der Waals surface area (Å²) in [6, 6.07) is 8.49. The van der Waals surface area contributed by atoms with Crippen LogP contribution in [0.1, 0.15) is 11.1 Å². The molecule has 0 bridgehead atoms. The Balaban J connectivity index is 1.84. The fourth-order valence-electron chi connectivity index (χ4n) is 2.56. The zero-order valence-corrected chi connectivity index (χ0v) is 12.0. The van der Waals surface area contributed by atoms with E-state index in [0.29, 0.717) is 12.6 Å². The first-order chi connectivity index (χ1) is 9.17. The maximum Gasteiger partial charge on any atom is 0.0829 e. The van der Waals surface area contributed by atoms with Gasteiger partial charge in [0.2, 0.25) is 0 Å². The SMILES string of the molecule is CN1CCOC(CN(C)Cc2cccc(CN)c2)C1. The lowest BCUT2D eigenvalue weighted by atomic mass is 10.1. The highest BCUT2D eigenvalue weighted by Crippen LogP contribution is 2.10. The molecule has 1 aliphatic rings. The summed E-state index contributed by atoms with van der Waals surface area (Å²) >= 11 is 0. The van der Waals surface area contributed by atoms with Gasteiger partial charge in [0.25, 0.3) is 0 Å². The van der Waals surface area contributed by atoms with Crippen LogP contribution in [-0.2, 0) is 17.8 Å². The highest BCUT2D eigenvalue weighted by Gasteiger charge is 2.19. The molecule has 0 amide bonds. The smallest absolute Gasteiger partial charge is 0.0829 e. The Morgan fingerprint density at radius 1 is 1.42 bits per heavy atom. The maximum atomic E-state index is 5.80. The molecule has 1 aromatic rings. The molecular weight excluding hydrogens is 238 g/mol. The third-order valence-electron chi connectivity index (χ3n) is 3.54. The molecule has 0 aromatic heterocycles. The topological polar surface area (TPSA) is 41.7 Å². The van der Waals surface area contributed by atoms with Crippen LogP contribution in [0.2, 0.25) is 0 Å². The van der Waals surface area contributed by atoms with Crippen molar-refractivity contribution in [1.29, 1.82) is 0 Å². The fourth-order valence-corrected chi connectivity index (χ4v) is 2.56. The Morgan fingerprint density at radius 3 is 2.95 bits per heavy atom. The summed E-state index contributed by atoms with van der Waals surface area (Å²) < 4.78 is 5.80. The van der Waals surface area contributed by atoms with E-state index in [1.807, 2.05) is 0 Å². The largest absolute Gasteiger partial charge is 0.374 e. The lowest BCUT2D eigenvalue weighted by molar-refractivity contribution is -0.0333. The molecule has 0 aliphatic carbocycles. The van der Waals surface area contributed by atoms with Gasteiger partial charge >= 0.3 is 0 Å². The van der Waals surface area contributed by atoms with Crippen LogP contribution in [0, 0.1) is 0 Å². The van der Waals surface area contributed by atoms with Crippen molar-refractivity contribution in [2.45, 2.75) is 19.2 Å². The summed E-state index contributed by atoms with van der Waals surface area (Å²) in [7, 11) is 4.30. The zero-order valence-electron chi connectivity index (χ0n) is 12.0. The van der Waals surface area contributed by atoms with Crippen LogP contribution in [-0.4, -0.2) is 56.2 Å². The minimum atomic E-state index is 0.321. The predicted octanol–water partition coefficient (Wildman–Crippen LogP) is 0.908. The summed E-state index contributed by atoms with van der Waals surface area (Å²) in [5.74, 6) is 0. The second-order valence-corrected chi connectivity index (χ2v) is 5.48. The Bertz CT molecular complexity index is 397. The Kier molecular flexibility index (Phi) is 5.34. The van der Waals surface area contributed by atoms with Gasteiger partial charge in [-0.15, -0.1) is 0 Å². The molecule has 106 valence electrons. The third-order valence-corrected chi connectivity index (χ3v) is 3.54. The molecule has 1 unspecified atom stereocenters. The van der Waals surface area contributed by atoms with Gasteiger partial charge in [-0.25, -0.2) is 0 Å². The van der Waals surface area contributed by atoms with Gasteiger partial charge in [-0.2, -0.15) is 0 Å². The molecule has 2 N–H and O–H groups in total. The molecule has 1 saturated heterocycles. The van der Waals surface area contributed by atoms with Crippen molar-refractivity contribution >= 4 is 0 Å². The van der Waals surface area contributed by atoms with Gasteiger partial charge in [-0.1, -0.05) is 24.3 Å². The molecule has 0 radical (unpaired) electrons. The highest BCUT2D eigenvalue weighted by molar-refractivity contribution is 5.23. The van der Waals surface area contributed by atoms with Crippen molar-refractivity contribution in [3.63, 3.8) is 0 Å². The van der Waals surface area contributed by atoms with E-state index in [9.17, 15) is 0 Å². The molecule has 2 rings (SSSR count). The number of ether oxygens (including phenoxy) is 1. The molecule has 4 heteroatoms. The maximum absolute atomic E-state index is 5.80. The number of hydrogen-bond donors (Lipinski definition) is 1. The monoisotopic (exact) mass is 263 g/mol. The van der Waals surface area contributed by atoms with Gasteiger partial charge in [0.05, 0.1) is 12.7 Å². The molecule has 1 aromatic carbocycles. The summed E-state index contributed by atoms with van der Waals surface area (Å²) in [4.78, 5) is 4.65. The lowest BCUT2D eigenvalue weighted by Gasteiger charge is -2.32. The van der Waals surface area contributed by atoms with Crippen LogP contribution < -0.4 is 5.73 Å². The van der Waals surface area contributed by atoms with Crippen molar-refractivity contribution in [2.75, 3.05) is 40.3 Å². The van der Waals surface area contributed by atoms with Crippen molar-refractivity contribution < 1.29 is 4.74 Å². The molecule has 1 heterocycles. The standard InChI is InChI=1S/C15H25N3O/c1-17-6-7-19-15(11-17)12-18(2)10-14-5-3-4-13(8-14)9-16/h3-5,8,15H,6-7,9-12,16H2,1-2H3. The van der Waals surface area contributed by atoms with Crippen molar-refractivity contribution in [1.82, 2.24) is 9.80 Å². The van der Waals surface area contributed by atoms with E-state index in [1.165, 1.54) is 11.1 Å². The summed E-state index contributed by atoms with van der Waals surface area (Å²) in [6.07, 6.45) is 0.321. The lowest BCUT2D eigenvalue weighted by Crippen LogP contribution is -2.45. The van der Waals surface area contributed by atoms with Crippen molar-refractivity contribution in [3.05, 3.63) is 35.4 Å². The van der Waals surface area contributed by atoms with E-state index in [1.54, 1.807) is 0 Å². The van der Waals surface area contributed by atoms with Crippen LogP contribution in [0.15, 0.2) is 24.3 Å². The number of hydrogen-bond acceptors (Lipinski definition) is 4. The number of morpholine rings is 1. The molecule has 0 saturated carbocycles. The van der Waals surface area contributed by atoms with Crippen LogP contribution in [0.25, 0.3) is 0 Å². The van der Waals surface area contributed by atoms with E-state index in [4.69, 9.17) is 10.5 Å². The molecule has 1 fully saturated rings. The Hall–Kier alpha value is -0.940. The van der Waals surface area contributed by atoms with E-state index in [-0.39, 0.29) is 0 Å². The summed E-state index contributed by atoms with van der Waals surface area (Å²) in [5, 5.41) is 0. The van der Waals surface area contributed by atoms with Crippen LogP contribution in [0.5, 0.6) is 0 Å². The molecule has 4 nitrogen and oxygen atoms in total. The summed E-state index contributed by atoms with van der Waals surface area (Å²) in [6.45, 7) is 5.42. The van der Waals surface area contributed by atoms with E-state index >= 15 is 0 Å². The molecule has 19 heavy (non-hydrogen) atoms. The molecule has 1 atom stereocenters. The molecule has 0 spiro atoms. The third kappa shape index (κ3) is 4.58. The Labute approximate surface area is 116 Å². The first-order valence-electron chi connectivity index (χ1n) is 6.94. The average molecular weight is 263 g/mol. The van der Waals surface area contributed by atoms with Crippen molar-refractivity contribution in [2.24, 2.45) is 5.73 Å². The number of nitrogens with zero attached hydrogens (tertiary/aromatic N) is 2. The number of rotatable bonds is 5. The van der Waals surface area contributed by atoms with E-state index < -0.39 is 0 Å². The molecule has 1 aliphatic heterocycles. The van der Waals surface area contributed by atoms with Crippen LogP contribution in [0.4, 0.5) is 0 Å². The van der Waals surface area contributed by atoms with Gasteiger partial charge in [0, 0.05) is 32.7 Å². The van der Waals surface area contributed by atoms with Gasteiger partial charge in [0.15, 0.2) is 0 Å². The quantitative estimate of drug-likeness (QED) is 0.857. The van der Waals surface area contributed by atoms with Crippen LogP contribution >= 0.6 is 0 Å². The normalized spacial score (nSPS) is 20.9. The van der Waals surface area contributed by atoms with Gasteiger partial charge < -0.3 is 15.4 Å². The van der Waals surface area contributed by atoms with Gasteiger partial charge in [-0.3, -0.25) is 4.90 Å². The number of nitrogens with two attached hydrogens (primary N) is 1. The first-order valence-corrected chi connectivity index (χ1v) is 6.94.